The van der Waals surface area contributed by atoms with Gasteiger partial charge < -0.3 is 33.5 Å². The van der Waals surface area contributed by atoms with E-state index in [1.165, 1.54) is 35.5 Å². The Morgan fingerprint density at radius 2 is 1.44 bits per heavy atom. The molecular formula is C26H36O8. The summed E-state index contributed by atoms with van der Waals surface area (Å²) in [5.74, 6) is 2.27. The number of carbonyl (C=O) groups excluding carboxylic acids is 1. The fourth-order valence-corrected chi connectivity index (χ4v) is 3.67. The first kappa shape index (κ1) is 27.1. The molecule has 0 radical (unpaired) electrons. The molecule has 8 nitrogen and oxygen atoms in total. The molecule has 0 saturated heterocycles. The molecule has 2 rings (SSSR count). The van der Waals surface area contributed by atoms with Gasteiger partial charge in [0.05, 0.1) is 28.4 Å². The second kappa shape index (κ2) is 12.9. The smallest absolute Gasteiger partial charge is 0.206 e. The van der Waals surface area contributed by atoms with E-state index in [0.29, 0.717) is 47.3 Å². The lowest BCUT2D eigenvalue weighted by Crippen LogP contribution is -2.08. The molecule has 0 saturated carbocycles. The van der Waals surface area contributed by atoms with Crippen LogP contribution in [0.4, 0.5) is 0 Å². The van der Waals surface area contributed by atoms with E-state index in [9.17, 15) is 9.90 Å². The molecule has 0 fully saturated rings. The summed E-state index contributed by atoms with van der Waals surface area (Å²) in [5, 5.41) is 11.0. The van der Waals surface area contributed by atoms with Crippen molar-refractivity contribution in [2.45, 2.75) is 39.5 Å². The highest BCUT2D eigenvalue weighted by atomic mass is 16.7. The van der Waals surface area contributed by atoms with Gasteiger partial charge in [-0.05, 0) is 42.9 Å². The van der Waals surface area contributed by atoms with Gasteiger partial charge in [0.25, 0.3) is 0 Å². The van der Waals surface area contributed by atoms with Gasteiger partial charge in [-0.2, -0.15) is 0 Å². The van der Waals surface area contributed by atoms with Crippen LogP contribution in [0.3, 0.4) is 0 Å². The van der Waals surface area contributed by atoms with Crippen LogP contribution in [0, 0.1) is 5.92 Å². The SMILES string of the molecule is COCOc1c(OC)cc(CCC(=O)c2c(OC)cc(OC)c(CCC(C)C)c2O)cc1OC. The number of aryl methyl sites for hydroxylation is 1. The van der Waals surface area contributed by atoms with Gasteiger partial charge in [-0.15, -0.1) is 0 Å². The molecule has 0 aliphatic rings. The summed E-state index contributed by atoms with van der Waals surface area (Å²) >= 11 is 0. The molecule has 34 heavy (non-hydrogen) atoms. The predicted molar refractivity (Wildman–Crippen MR) is 129 cm³/mol. The monoisotopic (exact) mass is 476 g/mol. The number of carbonyl (C=O) groups is 1. The Hall–Kier alpha value is -3.13. The van der Waals surface area contributed by atoms with Crippen molar-refractivity contribution in [2.24, 2.45) is 5.92 Å². The van der Waals surface area contributed by atoms with Crippen molar-refractivity contribution in [3.05, 3.63) is 34.9 Å². The second-order valence-corrected chi connectivity index (χ2v) is 8.22. The molecule has 1 N–H and O–H groups in total. The van der Waals surface area contributed by atoms with Crippen molar-refractivity contribution >= 4 is 5.78 Å². The average molecular weight is 477 g/mol. The Bertz CT molecular complexity index is 943. The van der Waals surface area contributed by atoms with Crippen LogP contribution in [-0.4, -0.2) is 53.2 Å². The maximum atomic E-state index is 13.2. The zero-order valence-electron chi connectivity index (χ0n) is 21.1. The van der Waals surface area contributed by atoms with E-state index in [1.54, 1.807) is 18.2 Å². The van der Waals surface area contributed by atoms with E-state index in [1.807, 2.05) is 0 Å². The summed E-state index contributed by atoms with van der Waals surface area (Å²) in [6.07, 6.45) is 1.98. The number of Topliss-reactive ketones (excluding diaryl/α,β-unsaturated/α-hetero) is 1. The van der Waals surface area contributed by atoms with Crippen LogP contribution in [0.2, 0.25) is 0 Å². The van der Waals surface area contributed by atoms with E-state index >= 15 is 0 Å². The van der Waals surface area contributed by atoms with Gasteiger partial charge in [0, 0.05) is 25.2 Å². The van der Waals surface area contributed by atoms with Crippen LogP contribution in [0.5, 0.6) is 34.5 Å². The topological polar surface area (TPSA) is 92.7 Å². The van der Waals surface area contributed by atoms with Crippen LogP contribution in [0.1, 0.15) is 48.2 Å². The number of ether oxygens (including phenoxy) is 6. The molecule has 0 heterocycles. The number of phenols is 1. The lowest BCUT2D eigenvalue weighted by atomic mass is 9.94. The molecule has 2 aromatic rings. The highest BCUT2D eigenvalue weighted by Gasteiger charge is 2.24. The fraction of sp³-hybridized carbons (Fsp3) is 0.500. The Kier molecular flexibility index (Phi) is 10.3. The number of methoxy groups -OCH3 is 5. The van der Waals surface area contributed by atoms with Gasteiger partial charge in [-0.3, -0.25) is 4.79 Å². The van der Waals surface area contributed by atoms with Gasteiger partial charge in [0.15, 0.2) is 24.1 Å². The molecule has 0 unspecified atom stereocenters. The zero-order chi connectivity index (χ0) is 25.3. The van der Waals surface area contributed by atoms with E-state index in [2.05, 4.69) is 13.8 Å². The van der Waals surface area contributed by atoms with Crippen LogP contribution >= 0.6 is 0 Å². The van der Waals surface area contributed by atoms with Crippen LogP contribution in [0.25, 0.3) is 0 Å². The van der Waals surface area contributed by atoms with Crippen LogP contribution < -0.4 is 23.7 Å². The Balaban J connectivity index is 2.34. The maximum absolute atomic E-state index is 13.2. The van der Waals surface area contributed by atoms with Crippen LogP contribution in [0.15, 0.2) is 18.2 Å². The zero-order valence-corrected chi connectivity index (χ0v) is 21.1. The normalized spacial score (nSPS) is 10.8. The second-order valence-electron chi connectivity index (χ2n) is 8.22. The number of benzene rings is 2. The summed E-state index contributed by atoms with van der Waals surface area (Å²) in [4.78, 5) is 13.2. The lowest BCUT2D eigenvalue weighted by Gasteiger charge is -2.18. The standard InChI is InChI=1S/C26H36O8/c1-16(2)8-10-18-20(30-4)14-21(31-5)24(25(18)28)19(27)11-9-17-12-22(32-6)26(34-15-29-3)23(13-17)33-7/h12-14,16,28H,8-11,15H2,1-7H3. The van der Waals surface area contributed by atoms with E-state index in [-0.39, 0.29) is 36.1 Å². The summed E-state index contributed by atoms with van der Waals surface area (Å²) in [6, 6.07) is 5.25. The molecule has 0 spiro atoms. The van der Waals surface area contributed by atoms with Gasteiger partial charge in [-0.25, -0.2) is 0 Å². The van der Waals surface area contributed by atoms with Gasteiger partial charge in [-0.1, -0.05) is 13.8 Å². The van der Waals surface area contributed by atoms with E-state index in [0.717, 1.165) is 12.0 Å². The minimum absolute atomic E-state index is 0.0419. The first-order valence-corrected chi connectivity index (χ1v) is 11.2. The van der Waals surface area contributed by atoms with Crippen molar-refractivity contribution in [3.8, 4) is 34.5 Å². The Morgan fingerprint density at radius 1 is 0.853 bits per heavy atom. The van der Waals surface area contributed by atoms with Gasteiger partial charge >= 0.3 is 0 Å². The molecule has 0 amide bonds. The van der Waals surface area contributed by atoms with Gasteiger partial charge in [0.1, 0.15) is 22.8 Å². The van der Waals surface area contributed by atoms with Crippen molar-refractivity contribution in [1.29, 1.82) is 0 Å². The molecule has 188 valence electrons. The predicted octanol–water partition coefficient (Wildman–Crippen LogP) is 4.81. The van der Waals surface area contributed by atoms with Crippen LogP contribution in [-0.2, 0) is 17.6 Å². The maximum Gasteiger partial charge on any atom is 0.206 e. The van der Waals surface area contributed by atoms with E-state index in [4.69, 9.17) is 28.4 Å². The molecular weight excluding hydrogens is 440 g/mol. The first-order chi connectivity index (χ1) is 16.3. The van der Waals surface area contributed by atoms with Crippen molar-refractivity contribution in [3.63, 3.8) is 0 Å². The summed E-state index contributed by atoms with van der Waals surface area (Å²) in [5.41, 5.74) is 1.60. The summed E-state index contributed by atoms with van der Waals surface area (Å²) in [6.45, 7) is 4.25. The Morgan fingerprint density at radius 3 is 1.94 bits per heavy atom. The minimum atomic E-state index is -0.236. The molecule has 0 bridgehead atoms. The quantitative estimate of drug-likeness (QED) is 0.307. The highest BCUT2D eigenvalue weighted by Crippen LogP contribution is 2.41. The number of hydrogen-bond acceptors (Lipinski definition) is 8. The third kappa shape index (κ3) is 6.47. The third-order valence-electron chi connectivity index (χ3n) is 5.50. The molecule has 0 aromatic heterocycles. The fourth-order valence-electron chi connectivity index (χ4n) is 3.67. The molecule has 0 aliphatic heterocycles. The number of aromatic hydroxyl groups is 1. The number of rotatable bonds is 14. The van der Waals surface area contributed by atoms with E-state index < -0.39 is 0 Å². The highest BCUT2D eigenvalue weighted by molar-refractivity contribution is 6.02. The lowest BCUT2D eigenvalue weighted by molar-refractivity contribution is 0.0471. The summed E-state index contributed by atoms with van der Waals surface area (Å²) in [7, 11) is 7.59. The minimum Gasteiger partial charge on any atom is -0.507 e. The molecule has 8 heteroatoms. The Labute approximate surface area is 201 Å². The number of hydrogen-bond donors (Lipinski definition) is 1. The number of ketones is 1. The number of phenolic OH excluding ortho intramolecular Hbond substituents is 1. The van der Waals surface area contributed by atoms with Gasteiger partial charge in [0.2, 0.25) is 5.75 Å². The average Bonchev–Trinajstić information content (AvgIpc) is 2.83. The molecule has 0 aliphatic carbocycles. The van der Waals surface area contributed by atoms with Crippen molar-refractivity contribution in [2.75, 3.05) is 42.3 Å². The summed E-state index contributed by atoms with van der Waals surface area (Å²) < 4.78 is 32.3. The first-order valence-electron chi connectivity index (χ1n) is 11.2. The molecule has 2 aromatic carbocycles. The third-order valence-corrected chi connectivity index (χ3v) is 5.50. The van der Waals surface area contributed by atoms with Crippen molar-refractivity contribution < 1.29 is 38.3 Å². The van der Waals surface area contributed by atoms with Crippen molar-refractivity contribution in [1.82, 2.24) is 0 Å². The largest absolute Gasteiger partial charge is 0.507 e. The molecule has 0 atom stereocenters.